The summed E-state index contributed by atoms with van der Waals surface area (Å²) in [6.45, 7) is 1.69. The van der Waals surface area contributed by atoms with Gasteiger partial charge >= 0.3 is 5.97 Å². The number of hydrogen-bond donors (Lipinski definition) is 2. The van der Waals surface area contributed by atoms with Crippen LogP contribution in [0.1, 0.15) is 19.8 Å². The van der Waals surface area contributed by atoms with Crippen LogP contribution in [0.4, 0.5) is 0 Å². The smallest absolute Gasteiger partial charge is 0.322 e. The quantitative estimate of drug-likeness (QED) is 0.495. The van der Waals surface area contributed by atoms with Gasteiger partial charge in [0, 0.05) is 0 Å². The van der Waals surface area contributed by atoms with Crippen LogP contribution in [0.5, 0.6) is 0 Å². The van der Waals surface area contributed by atoms with Gasteiger partial charge in [-0.2, -0.15) is 0 Å². The average molecular weight is 197 g/mol. The molecule has 0 aliphatic rings. The third kappa shape index (κ3) is 8.52. The fourth-order valence-electron chi connectivity index (χ4n) is 0.738. The molecule has 0 fully saturated rings. The van der Waals surface area contributed by atoms with E-state index in [1.807, 2.05) is 19.1 Å². The van der Waals surface area contributed by atoms with Crippen molar-refractivity contribution in [1.82, 2.24) is 5.32 Å². The molecule has 0 saturated heterocycles. The summed E-state index contributed by atoms with van der Waals surface area (Å²) in [6.07, 6.45) is 8.63. The van der Waals surface area contributed by atoms with E-state index in [9.17, 15) is 9.59 Å². The fraction of sp³-hybridized carbons (Fsp3) is 0.400. The second-order valence-electron chi connectivity index (χ2n) is 2.63. The molecule has 4 nitrogen and oxygen atoms in total. The molecular formula is C10H15NO3. The first-order chi connectivity index (χ1) is 6.66. The summed E-state index contributed by atoms with van der Waals surface area (Å²) in [5, 5.41) is 10.5. The third-order valence-electron chi connectivity index (χ3n) is 1.36. The van der Waals surface area contributed by atoms with Gasteiger partial charge in [-0.3, -0.25) is 9.59 Å². The highest BCUT2D eigenvalue weighted by Crippen LogP contribution is 1.88. The Kier molecular flexibility index (Phi) is 7.13. The Morgan fingerprint density at radius 2 is 2.00 bits per heavy atom. The molecule has 0 aromatic rings. The summed E-state index contributed by atoms with van der Waals surface area (Å²) in [7, 11) is 0. The van der Waals surface area contributed by atoms with Crippen molar-refractivity contribution in [3.8, 4) is 0 Å². The van der Waals surface area contributed by atoms with E-state index in [-0.39, 0.29) is 12.5 Å². The van der Waals surface area contributed by atoms with E-state index >= 15 is 0 Å². The number of rotatable bonds is 6. The van der Waals surface area contributed by atoms with Gasteiger partial charge in [0.05, 0.1) is 0 Å². The summed E-state index contributed by atoms with van der Waals surface area (Å²) in [4.78, 5) is 21.0. The number of amides is 1. The van der Waals surface area contributed by atoms with Gasteiger partial charge in [-0.1, -0.05) is 25.2 Å². The SMILES string of the molecule is CC/C=C/C/C=C/C(=O)NCC(=O)O. The molecule has 0 bridgehead atoms. The molecule has 1 amide bonds. The molecule has 78 valence electrons. The van der Waals surface area contributed by atoms with Crippen molar-refractivity contribution in [3.05, 3.63) is 24.3 Å². The molecule has 4 heteroatoms. The molecule has 0 aromatic carbocycles. The van der Waals surface area contributed by atoms with Crippen LogP contribution >= 0.6 is 0 Å². The monoisotopic (exact) mass is 197 g/mol. The summed E-state index contributed by atoms with van der Waals surface area (Å²) < 4.78 is 0. The van der Waals surface area contributed by atoms with Gasteiger partial charge in [0.25, 0.3) is 0 Å². The van der Waals surface area contributed by atoms with Crippen LogP contribution in [0, 0.1) is 0 Å². The molecule has 0 heterocycles. The normalized spacial score (nSPS) is 10.9. The number of nitrogens with one attached hydrogen (secondary N) is 1. The Labute approximate surface area is 83.3 Å². The summed E-state index contributed by atoms with van der Waals surface area (Å²) in [5.74, 6) is -1.42. The number of carboxylic acids is 1. The van der Waals surface area contributed by atoms with E-state index in [0.29, 0.717) is 6.42 Å². The lowest BCUT2D eigenvalue weighted by atomic mass is 10.3. The molecule has 0 unspecified atom stereocenters. The number of carboxylic acid groups (broad SMARTS) is 1. The lowest BCUT2D eigenvalue weighted by Crippen LogP contribution is -2.27. The van der Waals surface area contributed by atoms with Crippen molar-refractivity contribution in [2.24, 2.45) is 0 Å². The maximum absolute atomic E-state index is 10.9. The van der Waals surface area contributed by atoms with Gasteiger partial charge in [0.2, 0.25) is 5.91 Å². The molecule has 0 aromatic heterocycles. The maximum Gasteiger partial charge on any atom is 0.322 e. The molecule has 0 spiro atoms. The summed E-state index contributed by atoms with van der Waals surface area (Å²) in [5.41, 5.74) is 0. The number of carbonyl (C=O) groups is 2. The topological polar surface area (TPSA) is 66.4 Å². The Hall–Kier alpha value is -1.58. The van der Waals surface area contributed by atoms with Gasteiger partial charge in [-0.25, -0.2) is 0 Å². The van der Waals surface area contributed by atoms with Crippen molar-refractivity contribution in [1.29, 1.82) is 0 Å². The van der Waals surface area contributed by atoms with E-state index in [2.05, 4.69) is 5.32 Å². The summed E-state index contributed by atoms with van der Waals surface area (Å²) >= 11 is 0. The van der Waals surface area contributed by atoms with Crippen LogP contribution in [-0.4, -0.2) is 23.5 Å². The van der Waals surface area contributed by atoms with E-state index in [4.69, 9.17) is 5.11 Å². The Morgan fingerprint density at radius 3 is 2.57 bits per heavy atom. The van der Waals surface area contributed by atoms with Crippen LogP contribution in [0.25, 0.3) is 0 Å². The minimum absolute atomic E-state index is 0.339. The van der Waals surface area contributed by atoms with Crippen molar-refractivity contribution < 1.29 is 14.7 Å². The predicted octanol–water partition coefficient (Wildman–Crippen LogP) is 1.10. The predicted molar refractivity (Wildman–Crippen MR) is 53.8 cm³/mol. The Morgan fingerprint density at radius 1 is 1.29 bits per heavy atom. The molecule has 0 rings (SSSR count). The van der Waals surface area contributed by atoms with Crippen molar-refractivity contribution >= 4 is 11.9 Å². The molecule has 0 saturated carbocycles. The number of carbonyl (C=O) groups excluding carboxylic acids is 1. The zero-order chi connectivity index (χ0) is 10.8. The average Bonchev–Trinajstić information content (AvgIpc) is 2.14. The molecule has 0 atom stereocenters. The summed E-state index contributed by atoms with van der Waals surface area (Å²) in [6, 6.07) is 0. The van der Waals surface area contributed by atoms with Crippen molar-refractivity contribution in [3.63, 3.8) is 0 Å². The number of hydrogen-bond acceptors (Lipinski definition) is 2. The first kappa shape index (κ1) is 12.4. The van der Waals surface area contributed by atoms with Crippen LogP contribution in [-0.2, 0) is 9.59 Å². The van der Waals surface area contributed by atoms with Gasteiger partial charge in [-0.05, 0) is 18.9 Å². The zero-order valence-corrected chi connectivity index (χ0v) is 8.19. The first-order valence-corrected chi connectivity index (χ1v) is 4.48. The minimum Gasteiger partial charge on any atom is -0.480 e. The van der Waals surface area contributed by atoms with Gasteiger partial charge in [-0.15, -0.1) is 0 Å². The minimum atomic E-state index is -1.04. The van der Waals surface area contributed by atoms with Crippen LogP contribution in [0.15, 0.2) is 24.3 Å². The standard InChI is InChI=1S/C10H15NO3/c1-2-3-4-5-6-7-9(12)11-8-10(13)14/h3-4,6-7H,2,5,8H2,1H3,(H,11,12)(H,13,14)/b4-3+,7-6+. The third-order valence-corrected chi connectivity index (χ3v) is 1.36. The van der Waals surface area contributed by atoms with Crippen molar-refractivity contribution in [2.75, 3.05) is 6.54 Å². The number of allylic oxidation sites excluding steroid dienone is 3. The lowest BCUT2D eigenvalue weighted by molar-refractivity contribution is -0.137. The Bertz CT molecular complexity index is 244. The zero-order valence-electron chi connectivity index (χ0n) is 8.19. The van der Waals surface area contributed by atoms with Crippen molar-refractivity contribution in [2.45, 2.75) is 19.8 Å². The molecule has 0 aliphatic carbocycles. The van der Waals surface area contributed by atoms with E-state index in [1.54, 1.807) is 6.08 Å². The van der Waals surface area contributed by atoms with Crippen LogP contribution < -0.4 is 5.32 Å². The first-order valence-electron chi connectivity index (χ1n) is 4.48. The fourth-order valence-corrected chi connectivity index (χ4v) is 0.738. The highest BCUT2D eigenvalue weighted by Gasteiger charge is 1.97. The highest BCUT2D eigenvalue weighted by molar-refractivity contribution is 5.89. The van der Waals surface area contributed by atoms with Crippen LogP contribution in [0.3, 0.4) is 0 Å². The van der Waals surface area contributed by atoms with E-state index < -0.39 is 5.97 Å². The van der Waals surface area contributed by atoms with Gasteiger partial charge < -0.3 is 10.4 Å². The lowest BCUT2D eigenvalue weighted by Gasteiger charge is -1.94. The molecule has 0 aliphatic heterocycles. The molecule has 2 N–H and O–H groups in total. The second kappa shape index (κ2) is 8.04. The Balaban J connectivity index is 3.60. The molecule has 0 radical (unpaired) electrons. The van der Waals surface area contributed by atoms with E-state index in [0.717, 1.165) is 6.42 Å². The molecular weight excluding hydrogens is 182 g/mol. The molecule has 14 heavy (non-hydrogen) atoms. The largest absolute Gasteiger partial charge is 0.480 e. The second-order valence-corrected chi connectivity index (χ2v) is 2.63. The van der Waals surface area contributed by atoms with Crippen LogP contribution in [0.2, 0.25) is 0 Å². The van der Waals surface area contributed by atoms with Gasteiger partial charge in [0.15, 0.2) is 0 Å². The van der Waals surface area contributed by atoms with E-state index in [1.165, 1.54) is 6.08 Å². The maximum atomic E-state index is 10.9. The van der Waals surface area contributed by atoms with Gasteiger partial charge in [0.1, 0.15) is 6.54 Å². The number of aliphatic carboxylic acids is 1. The highest BCUT2D eigenvalue weighted by atomic mass is 16.4.